The largest absolute Gasteiger partial charge is 0.508 e. The van der Waals surface area contributed by atoms with Gasteiger partial charge in [0.2, 0.25) is 0 Å². The number of piperidine rings is 1. The van der Waals surface area contributed by atoms with Gasteiger partial charge in [0.15, 0.2) is 0 Å². The van der Waals surface area contributed by atoms with Crippen molar-refractivity contribution in [1.82, 2.24) is 10.2 Å². The molecule has 6 heteroatoms. The van der Waals surface area contributed by atoms with E-state index < -0.39 is 0 Å². The van der Waals surface area contributed by atoms with Crippen LogP contribution in [-0.4, -0.2) is 48.4 Å². The van der Waals surface area contributed by atoms with Crippen LogP contribution < -0.4 is 10.1 Å². The van der Waals surface area contributed by atoms with Crippen LogP contribution in [0.1, 0.15) is 36.4 Å². The molecule has 0 radical (unpaired) electrons. The molecule has 1 aliphatic rings. The highest BCUT2D eigenvalue weighted by atomic mass is 32.1. The van der Waals surface area contributed by atoms with Gasteiger partial charge in [0.25, 0.3) is 0 Å². The van der Waals surface area contributed by atoms with Crippen LogP contribution in [0.5, 0.6) is 17.2 Å². The fourth-order valence-corrected chi connectivity index (χ4v) is 6.21. The second kappa shape index (κ2) is 10.7. The lowest BCUT2D eigenvalue weighted by Gasteiger charge is -2.26. The number of nitrogens with zero attached hydrogens (tertiary/aromatic N) is 1. The Labute approximate surface area is 210 Å². The van der Waals surface area contributed by atoms with E-state index in [2.05, 4.69) is 34.5 Å². The number of hydrogen-bond donors (Lipinski definition) is 3. The number of hydrogen-bond acceptors (Lipinski definition) is 6. The lowest BCUT2D eigenvalue weighted by molar-refractivity contribution is 0.183. The number of phenolic OH excluding ortho intramolecular Hbond substituents is 2. The van der Waals surface area contributed by atoms with Gasteiger partial charge in [-0.3, -0.25) is 4.90 Å². The average Bonchev–Trinajstić information content (AvgIpc) is 3.25. The van der Waals surface area contributed by atoms with Crippen LogP contribution in [0.25, 0.3) is 20.5 Å². The van der Waals surface area contributed by atoms with Crippen molar-refractivity contribution in [2.75, 3.05) is 33.3 Å². The van der Waals surface area contributed by atoms with Crippen molar-refractivity contribution in [2.45, 2.75) is 25.3 Å². The maximum atomic E-state index is 10.1. The number of aromatic hydroxyl groups is 2. The predicted octanol–water partition coefficient (Wildman–Crippen LogP) is 6.15. The first-order valence-electron chi connectivity index (χ1n) is 12.3. The molecule has 3 N–H and O–H groups in total. The summed E-state index contributed by atoms with van der Waals surface area (Å²) in [5, 5.41) is 24.5. The lowest BCUT2D eigenvalue weighted by Crippen LogP contribution is -2.33. The third-order valence-corrected chi connectivity index (χ3v) is 7.97. The Kier molecular flexibility index (Phi) is 7.23. The normalized spacial score (nSPS) is 15.3. The molecule has 1 fully saturated rings. The summed E-state index contributed by atoms with van der Waals surface area (Å²) in [7, 11) is 1.97. The molecule has 182 valence electrons. The fraction of sp³-hybridized carbons (Fsp3) is 0.310. The summed E-state index contributed by atoms with van der Waals surface area (Å²) < 4.78 is 7.07. The molecule has 2 heterocycles. The molecule has 1 unspecified atom stereocenters. The Morgan fingerprint density at radius 3 is 2.34 bits per heavy atom. The summed E-state index contributed by atoms with van der Waals surface area (Å²) in [4.78, 5) is 3.60. The number of rotatable bonds is 8. The second-order valence-corrected chi connectivity index (χ2v) is 10.2. The molecule has 0 aliphatic carbocycles. The smallest absolute Gasteiger partial charge is 0.119 e. The van der Waals surface area contributed by atoms with E-state index in [9.17, 15) is 10.2 Å². The van der Waals surface area contributed by atoms with Crippen molar-refractivity contribution >= 4 is 21.4 Å². The van der Waals surface area contributed by atoms with Gasteiger partial charge in [-0.2, -0.15) is 0 Å². The highest BCUT2D eigenvalue weighted by molar-refractivity contribution is 7.22. The van der Waals surface area contributed by atoms with E-state index >= 15 is 0 Å². The zero-order valence-corrected chi connectivity index (χ0v) is 20.9. The minimum absolute atomic E-state index is 0.0421. The van der Waals surface area contributed by atoms with E-state index in [1.54, 1.807) is 29.5 Å². The Bertz CT molecular complexity index is 1260. The number of likely N-dealkylation sites (tertiary alicyclic amines) is 1. The molecule has 5 rings (SSSR count). The number of phenols is 2. The summed E-state index contributed by atoms with van der Waals surface area (Å²) in [5.41, 5.74) is 3.34. The van der Waals surface area contributed by atoms with E-state index in [1.807, 2.05) is 31.3 Å². The quantitative estimate of drug-likeness (QED) is 0.277. The Balaban J connectivity index is 1.42. The molecule has 3 aromatic carbocycles. The molecule has 0 amide bonds. The van der Waals surface area contributed by atoms with Gasteiger partial charge in [-0.15, -0.1) is 11.3 Å². The summed E-state index contributed by atoms with van der Waals surface area (Å²) in [6.45, 7) is 4.05. The Morgan fingerprint density at radius 1 is 0.914 bits per heavy atom. The summed E-state index contributed by atoms with van der Waals surface area (Å²) >= 11 is 1.65. The highest BCUT2D eigenvalue weighted by Crippen LogP contribution is 2.45. The van der Waals surface area contributed by atoms with E-state index in [4.69, 9.17) is 4.74 Å². The van der Waals surface area contributed by atoms with Gasteiger partial charge in [0.05, 0.1) is 6.04 Å². The summed E-state index contributed by atoms with van der Waals surface area (Å²) in [5.74, 6) is 1.39. The lowest BCUT2D eigenvalue weighted by atomic mass is 9.94. The molecule has 1 saturated heterocycles. The fourth-order valence-electron chi connectivity index (χ4n) is 4.93. The minimum Gasteiger partial charge on any atom is -0.508 e. The standard InChI is InChI=1S/C29H32N2O3S/c1-30-28(20-7-12-24(13-8-20)34-18-17-31-15-3-2-4-16-31)27-25-14-11-23(33)19-26(25)35-29(27)21-5-9-22(32)10-6-21/h5-14,19,28,30,32-33H,2-4,15-18H2,1H3. The molecular formula is C29H32N2O3S. The van der Waals surface area contributed by atoms with Crippen molar-refractivity contribution < 1.29 is 14.9 Å². The maximum absolute atomic E-state index is 10.1. The van der Waals surface area contributed by atoms with Gasteiger partial charge in [0, 0.05) is 16.1 Å². The van der Waals surface area contributed by atoms with E-state index in [-0.39, 0.29) is 17.5 Å². The van der Waals surface area contributed by atoms with Crippen LogP contribution in [0.3, 0.4) is 0 Å². The average molecular weight is 489 g/mol. The van der Waals surface area contributed by atoms with Crippen LogP contribution in [0.4, 0.5) is 0 Å². The first-order chi connectivity index (χ1) is 17.1. The number of thiophene rings is 1. The Hall–Kier alpha value is -3.06. The third kappa shape index (κ3) is 5.30. The Morgan fingerprint density at radius 2 is 1.63 bits per heavy atom. The molecule has 1 atom stereocenters. The molecular weight excluding hydrogens is 456 g/mol. The van der Waals surface area contributed by atoms with Gasteiger partial charge >= 0.3 is 0 Å². The van der Waals surface area contributed by atoms with Crippen molar-refractivity contribution in [1.29, 1.82) is 0 Å². The van der Waals surface area contributed by atoms with Crippen LogP contribution in [0, 0.1) is 0 Å². The topological polar surface area (TPSA) is 65.0 Å². The number of ether oxygens (including phenoxy) is 1. The first-order valence-corrected chi connectivity index (χ1v) is 13.1. The minimum atomic E-state index is -0.0421. The van der Waals surface area contributed by atoms with Gasteiger partial charge in [-0.1, -0.05) is 18.6 Å². The second-order valence-electron chi connectivity index (χ2n) is 9.11. The molecule has 4 aromatic rings. The zero-order chi connectivity index (χ0) is 24.2. The molecule has 0 spiro atoms. The molecule has 0 saturated carbocycles. The number of nitrogens with one attached hydrogen (secondary N) is 1. The van der Waals surface area contributed by atoms with Crippen LogP contribution in [0.15, 0.2) is 66.7 Å². The van der Waals surface area contributed by atoms with Crippen molar-refractivity contribution in [3.63, 3.8) is 0 Å². The monoisotopic (exact) mass is 488 g/mol. The molecule has 1 aliphatic heterocycles. The highest BCUT2D eigenvalue weighted by Gasteiger charge is 2.23. The van der Waals surface area contributed by atoms with Gasteiger partial charge in [-0.05, 0) is 110 Å². The van der Waals surface area contributed by atoms with E-state index in [0.29, 0.717) is 6.61 Å². The summed E-state index contributed by atoms with van der Waals surface area (Å²) in [6.07, 6.45) is 3.94. The third-order valence-electron chi connectivity index (χ3n) is 6.76. The number of fused-ring (bicyclic) bond motifs is 1. The van der Waals surface area contributed by atoms with Crippen molar-refractivity contribution in [3.8, 4) is 27.7 Å². The van der Waals surface area contributed by atoms with Gasteiger partial charge in [0.1, 0.15) is 23.9 Å². The van der Waals surface area contributed by atoms with E-state index in [0.717, 1.165) is 43.9 Å². The van der Waals surface area contributed by atoms with Crippen LogP contribution in [-0.2, 0) is 0 Å². The SMILES string of the molecule is CNC(c1ccc(OCCN2CCCCC2)cc1)c1c(-c2ccc(O)cc2)sc2cc(O)ccc12. The van der Waals surface area contributed by atoms with Crippen LogP contribution >= 0.6 is 11.3 Å². The molecule has 35 heavy (non-hydrogen) atoms. The van der Waals surface area contributed by atoms with Crippen molar-refractivity contribution in [3.05, 3.63) is 77.9 Å². The number of benzene rings is 3. The molecule has 5 nitrogen and oxygen atoms in total. The van der Waals surface area contributed by atoms with Gasteiger partial charge < -0.3 is 20.3 Å². The molecule has 1 aromatic heterocycles. The first kappa shape index (κ1) is 23.7. The van der Waals surface area contributed by atoms with E-state index in [1.165, 1.54) is 32.4 Å². The van der Waals surface area contributed by atoms with Gasteiger partial charge in [-0.25, -0.2) is 0 Å². The maximum Gasteiger partial charge on any atom is 0.119 e. The van der Waals surface area contributed by atoms with Crippen molar-refractivity contribution in [2.24, 2.45) is 0 Å². The zero-order valence-electron chi connectivity index (χ0n) is 20.0. The molecule has 0 bridgehead atoms. The predicted molar refractivity (Wildman–Crippen MR) is 144 cm³/mol. The summed E-state index contributed by atoms with van der Waals surface area (Å²) in [6, 6.07) is 21.2. The van der Waals surface area contributed by atoms with Crippen LogP contribution in [0.2, 0.25) is 0 Å².